The minimum absolute atomic E-state index is 0.362. The summed E-state index contributed by atoms with van der Waals surface area (Å²) in [5.41, 5.74) is 0.847. The van der Waals surface area contributed by atoms with E-state index in [0.29, 0.717) is 24.3 Å². The maximum atomic E-state index is 10.8. The van der Waals surface area contributed by atoms with E-state index in [0.717, 1.165) is 5.56 Å². The van der Waals surface area contributed by atoms with Gasteiger partial charge in [0, 0.05) is 12.5 Å². The SMILES string of the molecule is CCC(C#N)Oc1ccc2c(c1)OC(C(=O)O)C2. The first-order chi connectivity index (χ1) is 8.63. The van der Waals surface area contributed by atoms with Crippen LogP contribution in [0.3, 0.4) is 0 Å². The molecule has 0 aliphatic carbocycles. The van der Waals surface area contributed by atoms with Gasteiger partial charge in [-0.3, -0.25) is 0 Å². The fourth-order valence-electron chi connectivity index (χ4n) is 1.78. The molecule has 0 spiro atoms. The Morgan fingerprint density at radius 3 is 3.11 bits per heavy atom. The fraction of sp³-hybridized carbons (Fsp3) is 0.385. The van der Waals surface area contributed by atoms with E-state index in [4.69, 9.17) is 19.8 Å². The molecule has 1 aromatic rings. The van der Waals surface area contributed by atoms with Gasteiger partial charge in [-0.05, 0) is 18.1 Å². The van der Waals surface area contributed by atoms with E-state index in [2.05, 4.69) is 0 Å². The molecule has 1 aliphatic heterocycles. The van der Waals surface area contributed by atoms with Crippen molar-refractivity contribution < 1.29 is 19.4 Å². The van der Waals surface area contributed by atoms with Crippen molar-refractivity contribution in [3.05, 3.63) is 23.8 Å². The number of rotatable bonds is 4. The molecule has 2 atom stereocenters. The highest BCUT2D eigenvalue weighted by Gasteiger charge is 2.29. The molecule has 5 nitrogen and oxygen atoms in total. The van der Waals surface area contributed by atoms with E-state index in [1.165, 1.54) is 0 Å². The van der Waals surface area contributed by atoms with Gasteiger partial charge < -0.3 is 14.6 Å². The molecule has 0 aromatic heterocycles. The van der Waals surface area contributed by atoms with Crippen molar-refractivity contribution in [3.8, 4) is 17.6 Å². The molecule has 5 heteroatoms. The topological polar surface area (TPSA) is 79.5 Å². The van der Waals surface area contributed by atoms with Crippen molar-refractivity contribution in [2.24, 2.45) is 0 Å². The van der Waals surface area contributed by atoms with Crippen LogP contribution in [0.4, 0.5) is 0 Å². The van der Waals surface area contributed by atoms with Crippen molar-refractivity contribution in [2.45, 2.75) is 32.0 Å². The van der Waals surface area contributed by atoms with Crippen LogP contribution in [0.2, 0.25) is 0 Å². The zero-order valence-electron chi connectivity index (χ0n) is 9.92. The third-order valence-electron chi connectivity index (χ3n) is 2.78. The van der Waals surface area contributed by atoms with E-state index in [1.54, 1.807) is 18.2 Å². The van der Waals surface area contributed by atoms with Gasteiger partial charge in [0.15, 0.2) is 12.2 Å². The lowest BCUT2D eigenvalue weighted by Crippen LogP contribution is -2.24. The Hall–Kier alpha value is -2.22. The minimum Gasteiger partial charge on any atom is -0.478 e. The van der Waals surface area contributed by atoms with Gasteiger partial charge in [0.25, 0.3) is 0 Å². The first-order valence-electron chi connectivity index (χ1n) is 5.72. The molecule has 0 fully saturated rings. The van der Waals surface area contributed by atoms with Gasteiger partial charge in [-0.25, -0.2) is 4.79 Å². The maximum Gasteiger partial charge on any atom is 0.345 e. The van der Waals surface area contributed by atoms with E-state index in [9.17, 15) is 4.79 Å². The van der Waals surface area contributed by atoms with Crippen LogP contribution in [0.5, 0.6) is 11.5 Å². The zero-order valence-corrected chi connectivity index (χ0v) is 9.92. The minimum atomic E-state index is -0.975. The van der Waals surface area contributed by atoms with E-state index in [1.807, 2.05) is 13.0 Å². The number of hydrogen-bond donors (Lipinski definition) is 1. The molecule has 1 N–H and O–H groups in total. The van der Waals surface area contributed by atoms with Crippen LogP contribution in [0, 0.1) is 11.3 Å². The summed E-state index contributed by atoms with van der Waals surface area (Å²) in [7, 11) is 0. The number of ether oxygens (including phenoxy) is 2. The highest BCUT2D eigenvalue weighted by molar-refractivity contribution is 5.74. The van der Waals surface area contributed by atoms with E-state index in [-0.39, 0.29) is 0 Å². The molecule has 0 amide bonds. The van der Waals surface area contributed by atoms with Gasteiger partial charge in [0.2, 0.25) is 0 Å². The van der Waals surface area contributed by atoms with Crippen molar-refractivity contribution in [3.63, 3.8) is 0 Å². The summed E-state index contributed by atoms with van der Waals surface area (Å²) in [6.45, 7) is 1.86. The first-order valence-corrected chi connectivity index (χ1v) is 5.72. The molecule has 1 heterocycles. The average molecular weight is 247 g/mol. The van der Waals surface area contributed by atoms with Gasteiger partial charge in [-0.2, -0.15) is 5.26 Å². The Balaban J connectivity index is 2.13. The van der Waals surface area contributed by atoms with Crippen molar-refractivity contribution in [1.82, 2.24) is 0 Å². The number of carboxylic acid groups (broad SMARTS) is 1. The Kier molecular flexibility index (Phi) is 3.38. The molecule has 1 aromatic carbocycles. The Bertz CT molecular complexity index is 506. The van der Waals surface area contributed by atoms with Crippen LogP contribution >= 0.6 is 0 Å². The molecular weight excluding hydrogens is 234 g/mol. The summed E-state index contributed by atoms with van der Waals surface area (Å²) in [4.78, 5) is 10.8. The second kappa shape index (κ2) is 4.96. The van der Waals surface area contributed by atoms with Gasteiger partial charge >= 0.3 is 5.97 Å². The standard InChI is InChI=1S/C13H13NO4/c1-2-9(7-14)17-10-4-3-8-5-12(13(15)16)18-11(8)6-10/h3-4,6,9,12H,2,5H2,1H3,(H,15,16). The summed E-state index contributed by atoms with van der Waals surface area (Å²) >= 11 is 0. The third-order valence-corrected chi connectivity index (χ3v) is 2.78. The fourth-order valence-corrected chi connectivity index (χ4v) is 1.78. The molecule has 0 saturated heterocycles. The van der Waals surface area contributed by atoms with Gasteiger partial charge in [-0.15, -0.1) is 0 Å². The van der Waals surface area contributed by atoms with Crippen LogP contribution in [0.25, 0.3) is 0 Å². The van der Waals surface area contributed by atoms with Crippen LogP contribution in [-0.2, 0) is 11.2 Å². The maximum absolute atomic E-state index is 10.8. The number of benzene rings is 1. The zero-order chi connectivity index (χ0) is 13.1. The van der Waals surface area contributed by atoms with E-state index < -0.39 is 18.2 Å². The van der Waals surface area contributed by atoms with Gasteiger partial charge in [0.05, 0.1) is 0 Å². The smallest absolute Gasteiger partial charge is 0.345 e. The predicted molar refractivity (Wildman–Crippen MR) is 62.5 cm³/mol. The first kappa shape index (κ1) is 12.2. The summed E-state index contributed by atoms with van der Waals surface area (Å²) in [6, 6.07) is 7.18. The second-order valence-corrected chi connectivity index (χ2v) is 4.06. The Morgan fingerprint density at radius 2 is 2.50 bits per heavy atom. The Labute approximate surface area is 105 Å². The number of fused-ring (bicyclic) bond motifs is 1. The lowest BCUT2D eigenvalue weighted by molar-refractivity contribution is -0.144. The molecular formula is C13H13NO4. The Morgan fingerprint density at radius 1 is 1.72 bits per heavy atom. The number of carbonyl (C=O) groups is 1. The number of hydrogen-bond acceptors (Lipinski definition) is 4. The lowest BCUT2D eigenvalue weighted by atomic mass is 10.1. The third kappa shape index (κ3) is 2.38. The number of nitriles is 1. The molecule has 2 rings (SSSR count). The summed E-state index contributed by atoms with van der Waals surface area (Å²) in [6.07, 6.45) is -0.375. The number of aliphatic carboxylic acids is 1. The number of carboxylic acids is 1. The molecule has 0 saturated carbocycles. The van der Waals surface area contributed by atoms with Crippen molar-refractivity contribution in [1.29, 1.82) is 5.26 Å². The van der Waals surface area contributed by atoms with Crippen molar-refractivity contribution >= 4 is 5.97 Å². The summed E-state index contributed by atoms with van der Waals surface area (Å²) in [5, 5.41) is 17.7. The molecule has 94 valence electrons. The largest absolute Gasteiger partial charge is 0.478 e. The molecule has 1 aliphatic rings. The van der Waals surface area contributed by atoms with Crippen LogP contribution < -0.4 is 9.47 Å². The normalized spacial score (nSPS) is 18.3. The number of nitrogens with zero attached hydrogens (tertiary/aromatic N) is 1. The highest BCUT2D eigenvalue weighted by Crippen LogP contribution is 2.32. The van der Waals surface area contributed by atoms with Crippen molar-refractivity contribution in [2.75, 3.05) is 0 Å². The average Bonchev–Trinajstić information content (AvgIpc) is 2.79. The quantitative estimate of drug-likeness (QED) is 0.876. The molecule has 0 bridgehead atoms. The molecule has 2 unspecified atom stereocenters. The summed E-state index contributed by atoms with van der Waals surface area (Å²) in [5.74, 6) is 0.0676. The van der Waals surface area contributed by atoms with Crippen LogP contribution in [0.15, 0.2) is 18.2 Å². The lowest BCUT2D eigenvalue weighted by Gasteiger charge is -2.11. The van der Waals surface area contributed by atoms with Crippen LogP contribution in [-0.4, -0.2) is 23.3 Å². The van der Waals surface area contributed by atoms with E-state index >= 15 is 0 Å². The molecule has 18 heavy (non-hydrogen) atoms. The predicted octanol–water partition coefficient (Wildman–Crippen LogP) is 1.76. The monoisotopic (exact) mass is 247 g/mol. The van der Waals surface area contributed by atoms with Gasteiger partial charge in [-0.1, -0.05) is 13.0 Å². The van der Waals surface area contributed by atoms with Crippen LogP contribution in [0.1, 0.15) is 18.9 Å². The summed E-state index contributed by atoms with van der Waals surface area (Å²) < 4.78 is 10.7. The van der Waals surface area contributed by atoms with Gasteiger partial charge in [0.1, 0.15) is 17.6 Å². The highest BCUT2D eigenvalue weighted by atomic mass is 16.5. The molecule has 0 radical (unpaired) electrons. The second-order valence-electron chi connectivity index (χ2n) is 4.06.